The molecule has 2 aromatic rings. The van der Waals surface area contributed by atoms with E-state index in [0.717, 1.165) is 5.69 Å². The number of hydrogen-bond acceptors (Lipinski definition) is 4. The van der Waals surface area contributed by atoms with Crippen LogP contribution in [0.2, 0.25) is 0 Å². The van der Waals surface area contributed by atoms with Crippen molar-refractivity contribution in [1.82, 2.24) is 5.43 Å². The zero-order valence-electron chi connectivity index (χ0n) is 10.1. The van der Waals surface area contributed by atoms with E-state index in [9.17, 15) is 4.79 Å². The third-order valence-electron chi connectivity index (χ3n) is 2.70. The quantitative estimate of drug-likeness (QED) is 0.486. The van der Waals surface area contributed by atoms with E-state index in [0.29, 0.717) is 17.9 Å². The van der Waals surface area contributed by atoms with Gasteiger partial charge in [-0.2, -0.15) is 0 Å². The summed E-state index contributed by atoms with van der Waals surface area (Å²) in [5.74, 6) is 5.36. The SMILES string of the molecule is CN(Cc1occc1C(=O)NN)c1ccccc1. The molecule has 1 amide bonds. The molecule has 5 heteroatoms. The fourth-order valence-electron chi connectivity index (χ4n) is 1.73. The number of nitrogens with one attached hydrogen (secondary N) is 1. The number of hydrazine groups is 1. The van der Waals surface area contributed by atoms with Crippen molar-refractivity contribution in [3.05, 3.63) is 54.0 Å². The van der Waals surface area contributed by atoms with Gasteiger partial charge < -0.3 is 9.32 Å². The topological polar surface area (TPSA) is 71.5 Å². The summed E-state index contributed by atoms with van der Waals surface area (Å²) >= 11 is 0. The highest BCUT2D eigenvalue weighted by Gasteiger charge is 2.15. The number of anilines is 1. The molecule has 18 heavy (non-hydrogen) atoms. The molecule has 0 aliphatic rings. The third kappa shape index (κ3) is 2.52. The van der Waals surface area contributed by atoms with Crippen molar-refractivity contribution < 1.29 is 9.21 Å². The van der Waals surface area contributed by atoms with Crippen LogP contribution >= 0.6 is 0 Å². The van der Waals surface area contributed by atoms with Gasteiger partial charge in [0.15, 0.2) is 0 Å². The first-order valence-corrected chi connectivity index (χ1v) is 5.56. The number of nitrogens with zero attached hydrogens (tertiary/aromatic N) is 1. The molecular formula is C13H15N3O2. The Morgan fingerprint density at radius 3 is 2.72 bits per heavy atom. The van der Waals surface area contributed by atoms with Gasteiger partial charge in [0.1, 0.15) is 5.76 Å². The lowest BCUT2D eigenvalue weighted by Crippen LogP contribution is -2.31. The molecule has 0 atom stereocenters. The maximum Gasteiger partial charge on any atom is 0.268 e. The molecule has 0 saturated carbocycles. The van der Waals surface area contributed by atoms with Gasteiger partial charge in [-0.15, -0.1) is 0 Å². The van der Waals surface area contributed by atoms with E-state index >= 15 is 0 Å². The lowest BCUT2D eigenvalue weighted by Gasteiger charge is -2.18. The van der Waals surface area contributed by atoms with E-state index in [-0.39, 0.29) is 5.91 Å². The molecule has 1 aromatic heterocycles. The Balaban J connectivity index is 2.15. The Kier molecular flexibility index (Phi) is 3.64. The predicted molar refractivity (Wildman–Crippen MR) is 68.9 cm³/mol. The van der Waals surface area contributed by atoms with Crippen molar-refractivity contribution in [2.24, 2.45) is 5.84 Å². The van der Waals surface area contributed by atoms with Crippen LogP contribution in [0.1, 0.15) is 16.1 Å². The molecule has 3 N–H and O–H groups in total. The number of nitrogen functional groups attached to an aromatic ring is 1. The van der Waals surface area contributed by atoms with Crippen LogP contribution in [-0.2, 0) is 6.54 Å². The highest BCUT2D eigenvalue weighted by Crippen LogP contribution is 2.17. The van der Waals surface area contributed by atoms with Crippen LogP contribution in [0.3, 0.4) is 0 Å². The predicted octanol–water partition coefficient (Wildman–Crippen LogP) is 1.52. The number of carbonyl (C=O) groups is 1. The van der Waals surface area contributed by atoms with Crippen molar-refractivity contribution in [3.8, 4) is 0 Å². The second kappa shape index (κ2) is 5.37. The fourth-order valence-corrected chi connectivity index (χ4v) is 1.73. The molecule has 0 aliphatic heterocycles. The van der Waals surface area contributed by atoms with Crippen molar-refractivity contribution >= 4 is 11.6 Å². The summed E-state index contributed by atoms with van der Waals surface area (Å²) in [6.07, 6.45) is 1.48. The van der Waals surface area contributed by atoms with E-state index in [1.807, 2.05) is 42.3 Å². The summed E-state index contributed by atoms with van der Waals surface area (Å²) < 4.78 is 5.32. The Hall–Kier alpha value is -2.27. The van der Waals surface area contributed by atoms with Gasteiger partial charge in [0, 0.05) is 12.7 Å². The number of amides is 1. The average molecular weight is 245 g/mol. The Bertz CT molecular complexity index is 522. The van der Waals surface area contributed by atoms with Gasteiger partial charge in [-0.05, 0) is 18.2 Å². The third-order valence-corrected chi connectivity index (χ3v) is 2.70. The van der Waals surface area contributed by atoms with E-state index in [1.54, 1.807) is 6.07 Å². The van der Waals surface area contributed by atoms with Gasteiger partial charge in [-0.25, -0.2) is 5.84 Å². The number of benzene rings is 1. The van der Waals surface area contributed by atoms with Gasteiger partial charge in [0.2, 0.25) is 0 Å². The second-order valence-corrected chi connectivity index (χ2v) is 3.92. The molecule has 0 fully saturated rings. The number of carbonyl (C=O) groups excluding carboxylic acids is 1. The average Bonchev–Trinajstić information content (AvgIpc) is 2.87. The van der Waals surface area contributed by atoms with E-state index < -0.39 is 0 Å². The van der Waals surface area contributed by atoms with Crippen LogP contribution in [0, 0.1) is 0 Å². The minimum Gasteiger partial charge on any atom is -0.467 e. The summed E-state index contributed by atoms with van der Waals surface area (Å²) in [6, 6.07) is 11.5. The van der Waals surface area contributed by atoms with Crippen LogP contribution in [-0.4, -0.2) is 13.0 Å². The summed E-state index contributed by atoms with van der Waals surface area (Å²) in [7, 11) is 1.93. The van der Waals surface area contributed by atoms with Gasteiger partial charge in [-0.1, -0.05) is 18.2 Å². The highest BCUT2D eigenvalue weighted by molar-refractivity contribution is 5.94. The molecule has 0 aliphatic carbocycles. The zero-order chi connectivity index (χ0) is 13.0. The van der Waals surface area contributed by atoms with E-state index in [1.165, 1.54) is 6.26 Å². The fraction of sp³-hybridized carbons (Fsp3) is 0.154. The first kappa shape index (κ1) is 12.2. The summed E-state index contributed by atoms with van der Waals surface area (Å²) in [5, 5.41) is 0. The minimum atomic E-state index is -0.347. The lowest BCUT2D eigenvalue weighted by atomic mass is 10.2. The van der Waals surface area contributed by atoms with Crippen LogP contribution in [0.5, 0.6) is 0 Å². The van der Waals surface area contributed by atoms with Gasteiger partial charge in [-0.3, -0.25) is 10.2 Å². The molecule has 1 aromatic carbocycles. The molecule has 0 radical (unpaired) electrons. The maximum absolute atomic E-state index is 11.5. The Morgan fingerprint density at radius 1 is 1.33 bits per heavy atom. The molecule has 94 valence electrons. The van der Waals surface area contributed by atoms with Gasteiger partial charge in [0.25, 0.3) is 5.91 Å². The second-order valence-electron chi connectivity index (χ2n) is 3.92. The summed E-state index contributed by atoms with van der Waals surface area (Å²) in [4.78, 5) is 13.5. The molecule has 0 spiro atoms. The highest BCUT2D eigenvalue weighted by atomic mass is 16.3. The first-order chi connectivity index (χ1) is 8.72. The van der Waals surface area contributed by atoms with Gasteiger partial charge in [0.05, 0.1) is 18.4 Å². The Morgan fingerprint density at radius 2 is 2.06 bits per heavy atom. The van der Waals surface area contributed by atoms with E-state index in [2.05, 4.69) is 5.43 Å². The van der Waals surface area contributed by atoms with Crippen LogP contribution in [0.15, 0.2) is 47.1 Å². The molecule has 0 unspecified atom stereocenters. The standard InChI is InChI=1S/C13H15N3O2/c1-16(10-5-3-2-4-6-10)9-12-11(7-8-18-12)13(17)15-14/h2-8H,9,14H2,1H3,(H,15,17). The smallest absolute Gasteiger partial charge is 0.268 e. The molecule has 0 saturated heterocycles. The number of para-hydroxylation sites is 1. The van der Waals surface area contributed by atoms with Crippen molar-refractivity contribution in [1.29, 1.82) is 0 Å². The zero-order valence-corrected chi connectivity index (χ0v) is 10.1. The summed E-state index contributed by atoms with van der Waals surface area (Å²) in [6.45, 7) is 0.500. The van der Waals surface area contributed by atoms with Crippen LogP contribution in [0.25, 0.3) is 0 Å². The largest absolute Gasteiger partial charge is 0.467 e. The molecule has 5 nitrogen and oxygen atoms in total. The van der Waals surface area contributed by atoms with Crippen molar-refractivity contribution in [2.45, 2.75) is 6.54 Å². The molecular weight excluding hydrogens is 230 g/mol. The van der Waals surface area contributed by atoms with Crippen molar-refractivity contribution in [2.75, 3.05) is 11.9 Å². The number of nitrogens with two attached hydrogens (primary N) is 1. The number of rotatable bonds is 4. The number of furan rings is 1. The van der Waals surface area contributed by atoms with Crippen LogP contribution < -0.4 is 16.2 Å². The monoisotopic (exact) mass is 245 g/mol. The molecule has 0 bridgehead atoms. The van der Waals surface area contributed by atoms with Crippen molar-refractivity contribution in [3.63, 3.8) is 0 Å². The maximum atomic E-state index is 11.5. The summed E-state index contributed by atoms with van der Waals surface area (Å²) in [5.41, 5.74) is 3.61. The molecule has 2 rings (SSSR count). The lowest BCUT2D eigenvalue weighted by molar-refractivity contribution is 0.0951. The van der Waals surface area contributed by atoms with E-state index in [4.69, 9.17) is 10.3 Å². The first-order valence-electron chi connectivity index (χ1n) is 5.56. The minimum absolute atomic E-state index is 0.347. The van der Waals surface area contributed by atoms with Crippen LogP contribution in [0.4, 0.5) is 5.69 Å². The normalized spacial score (nSPS) is 10.1. The number of hydrogen-bond donors (Lipinski definition) is 2. The Labute approximate surface area is 105 Å². The molecule has 1 heterocycles. The van der Waals surface area contributed by atoms with Gasteiger partial charge >= 0.3 is 0 Å².